The first kappa shape index (κ1) is 21.9. The minimum atomic E-state index is -1.27. The minimum absolute atomic E-state index is 0.0712. The molecule has 0 saturated carbocycles. The van der Waals surface area contributed by atoms with Crippen molar-refractivity contribution in [3.05, 3.63) is 39.9 Å². The van der Waals surface area contributed by atoms with Crippen LogP contribution in [0.5, 0.6) is 0 Å². The van der Waals surface area contributed by atoms with Crippen molar-refractivity contribution in [3.8, 4) is 0 Å². The Morgan fingerprint density at radius 3 is 2.19 bits per heavy atom. The van der Waals surface area contributed by atoms with E-state index in [4.69, 9.17) is 4.74 Å². The molecule has 10 heteroatoms. The predicted molar refractivity (Wildman–Crippen MR) is 95.2 cm³/mol. The first-order chi connectivity index (χ1) is 12.4. The Kier molecular flexibility index (Phi) is 7.26. The number of hydrogen-bond donors (Lipinski definition) is 3. The molecule has 1 rings (SSSR count). The molecule has 0 aliphatic rings. The number of ether oxygens (including phenoxy) is 1. The summed E-state index contributed by atoms with van der Waals surface area (Å²) in [5, 5.41) is 24.6. The van der Waals surface area contributed by atoms with Crippen LogP contribution < -0.4 is 10.6 Å². The van der Waals surface area contributed by atoms with Crippen LogP contribution in [-0.4, -0.2) is 45.7 Å². The van der Waals surface area contributed by atoms with Crippen LogP contribution in [0, 0.1) is 10.1 Å². The third-order valence-electron chi connectivity index (χ3n) is 3.33. The van der Waals surface area contributed by atoms with Crippen molar-refractivity contribution in [2.45, 2.75) is 51.8 Å². The van der Waals surface area contributed by atoms with Crippen LogP contribution in [0.25, 0.3) is 0 Å². The Morgan fingerprint density at radius 1 is 1.19 bits per heavy atom. The van der Waals surface area contributed by atoms with Crippen molar-refractivity contribution >= 4 is 23.7 Å². The molecule has 10 nitrogen and oxygen atoms in total. The predicted octanol–water partition coefficient (Wildman–Crippen LogP) is 1.62. The number of rotatable bonds is 7. The SMILES string of the molecule is C[C@@H](NC(=O)OC(C)(C)C)C(=O)N[C@@H](Cc1ccc([N+](=O)[O-])cc1)C(=O)O. The third kappa shape index (κ3) is 7.72. The monoisotopic (exact) mass is 381 g/mol. The van der Waals surface area contributed by atoms with E-state index < -0.39 is 40.6 Å². The summed E-state index contributed by atoms with van der Waals surface area (Å²) in [4.78, 5) is 45.3. The molecule has 0 radical (unpaired) electrons. The molecule has 148 valence electrons. The lowest BCUT2D eigenvalue weighted by atomic mass is 10.1. The van der Waals surface area contributed by atoms with Crippen molar-refractivity contribution in [1.82, 2.24) is 10.6 Å². The molecular formula is C17H23N3O7. The summed E-state index contributed by atoms with van der Waals surface area (Å²) in [5.74, 6) is -1.97. The van der Waals surface area contributed by atoms with Crippen LogP contribution in [0.4, 0.5) is 10.5 Å². The lowest BCUT2D eigenvalue weighted by molar-refractivity contribution is -0.384. The number of amides is 2. The van der Waals surface area contributed by atoms with E-state index in [1.165, 1.54) is 31.2 Å². The van der Waals surface area contributed by atoms with Crippen molar-refractivity contribution < 1.29 is 29.2 Å². The Hall–Kier alpha value is -3.17. The second-order valence-electron chi connectivity index (χ2n) is 6.90. The zero-order valence-corrected chi connectivity index (χ0v) is 15.5. The number of carbonyl (C=O) groups is 3. The van der Waals surface area contributed by atoms with Gasteiger partial charge in [-0.15, -0.1) is 0 Å². The second kappa shape index (κ2) is 8.97. The van der Waals surface area contributed by atoms with Gasteiger partial charge in [0.2, 0.25) is 5.91 Å². The summed E-state index contributed by atoms with van der Waals surface area (Å²) >= 11 is 0. The number of nitro groups is 1. The van der Waals surface area contributed by atoms with Crippen molar-refractivity contribution in [3.63, 3.8) is 0 Å². The summed E-state index contributed by atoms with van der Waals surface area (Å²) in [6.45, 7) is 6.40. The summed E-state index contributed by atoms with van der Waals surface area (Å²) in [7, 11) is 0. The fourth-order valence-electron chi connectivity index (χ4n) is 2.04. The Morgan fingerprint density at radius 2 is 1.74 bits per heavy atom. The third-order valence-corrected chi connectivity index (χ3v) is 3.33. The topological polar surface area (TPSA) is 148 Å². The number of hydrogen-bond acceptors (Lipinski definition) is 6. The maximum atomic E-state index is 12.2. The van der Waals surface area contributed by atoms with E-state index in [9.17, 15) is 29.6 Å². The van der Waals surface area contributed by atoms with Gasteiger partial charge in [-0.05, 0) is 33.3 Å². The van der Waals surface area contributed by atoms with E-state index >= 15 is 0 Å². The smallest absolute Gasteiger partial charge is 0.408 e. The first-order valence-electron chi connectivity index (χ1n) is 8.15. The van der Waals surface area contributed by atoms with Crippen LogP contribution in [0.2, 0.25) is 0 Å². The molecule has 0 spiro atoms. The lowest BCUT2D eigenvalue weighted by Crippen LogP contribution is -2.51. The van der Waals surface area contributed by atoms with Gasteiger partial charge in [-0.25, -0.2) is 9.59 Å². The van der Waals surface area contributed by atoms with E-state index in [0.29, 0.717) is 5.56 Å². The number of carboxylic acids is 1. The molecule has 2 amide bonds. The van der Waals surface area contributed by atoms with Gasteiger partial charge in [0, 0.05) is 18.6 Å². The number of aliphatic carboxylic acids is 1. The van der Waals surface area contributed by atoms with Crippen molar-refractivity contribution in [2.24, 2.45) is 0 Å². The van der Waals surface area contributed by atoms with Crippen LogP contribution in [0.3, 0.4) is 0 Å². The molecular weight excluding hydrogens is 358 g/mol. The van der Waals surface area contributed by atoms with Gasteiger partial charge in [-0.1, -0.05) is 12.1 Å². The highest BCUT2D eigenvalue weighted by Gasteiger charge is 2.26. The van der Waals surface area contributed by atoms with Gasteiger partial charge >= 0.3 is 12.1 Å². The highest BCUT2D eigenvalue weighted by Crippen LogP contribution is 2.13. The maximum absolute atomic E-state index is 12.2. The standard InChI is InChI=1S/C17H23N3O7/c1-10(18-16(24)27-17(2,3)4)14(21)19-13(15(22)23)9-11-5-7-12(8-6-11)20(25)26/h5-8,10,13H,9H2,1-4H3,(H,18,24)(H,19,21)(H,22,23)/t10-,13+/m1/s1. The average molecular weight is 381 g/mol. The molecule has 27 heavy (non-hydrogen) atoms. The van der Waals surface area contributed by atoms with Gasteiger partial charge in [-0.3, -0.25) is 14.9 Å². The molecule has 0 bridgehead atoms. The van der Waals surface area contributed by atoms with E-state index in [2.05, 4.69) is 10.6 Å². The van der Waals surface area contributed by atoms with Crippen LogP contribution in [0.1, 0.15) is 33.3 Å². The highest BCUT2D eigenvalue weighted by molar-refractivity contribution is 5.89. The van der Waals surface area contributed by atoms with E-state index in [1.54, 1.807) is 20.8 Å². The van der Waals surface area contributed by atoms with Crippen LogP contribution in [-0.2, 0) is 20.7 Å². The van der Waals surface area contributed by atoms with E-state index in [-0.39, 0.29) is 12.1 Å². The second-order valence-corrected chi connectivity index (χ2v) is 6.90. The van der Waals surface area contributed by atoms with Crippen molar-refractivity contribution in [2.75, 3.05) is 0 Å². The molecule has 0 heterocycles. The molecule has 0 aromatic heterocycles. The minimum Gasteiger partial charge on any atom is -0.480 e. The Bertz CT molecular complexity index is 710. The number of alkyl carbamates (subject to hydrolysis) is 1. The molecule has 0 unspecified atom stereocenters. The molecule has 3 N–H and O–H groups in total. The number of nitrogens with one attached hydrogen (secondary N) is 2. The van der Waals surface area contributed by atoms with Crippen LogP contribution >= 0.6 is 0 Å². The number of carboxylic acid groups (broad SMARTS) is 1. The maximum Gasteiger partial charge on any atom is 0.408 e. The fraction of sp³-hybridized carbons (Fsp3) is 0.471. The highest BCUT2D eigenvalue weighted by atomic mass is 16.6. The first-order valence-corrected chi connectivity index (χ1v) is 8.15. The molecule has 1 aromatic carbocycles. The number of non-ortho nitro benzene ring substituents is 1. The fourth-order valence-corrected chi connectivity index (χ4v) is 2.04. The molecule has 1 aromatic rings. The Balaban J connectivity index is 2.70. The molecule has 0 aliphatic heterocycles. The lowest BCUT2D eigenvalue weighted by Gasteiger charge is -2.22. The van der Waals surface area contributed by atoms with Gasteiger partial charge < -0.3 is 20.5 Å². The quantitative estimate of drug-likeness (QED) is 0.480. The molecule has 0 saturated heterocycles. The largest absolute Gasteiger partial charge is 0.480 e. The summed E-state index contributed by atoms with van der Waals surface area (Å²) in [5.41, 5.74) is -0.356. The summed E-state index contributed by atoms with van der Waals surface area (Å²) in [6, 6.07) is 3.07. The van der Waals surface area contributed by atoms with Gasteiger partial charge in [0.05, 0.1) is 4.92 Å². The number of nitrogens with zero attached hydrogens (tertiary/aromatic N) is 1. The van der Waals surface area contributed by atoms with Crippen LogP contribution in [0.15, 0.2) is 24.3 Å². The average Bonchev–Trinajstić information content (AvgIpc) is 2.52. The number of benzene rings is 1. The number of carbonyl (C=O) groups excluding carboxylic acids is 2. The Labute approximate surface area is 156 Å². The van der Waals surface area contributed by atoms with Gasteiger partial charge in [0.1, 0.15) is 17.7 Å². The van der Waals surface area contributed by atoms with Crippen molar-refractivity contribution in [1.29, 1.82) is 0 Å². The molecule has 0 fully saturated rings. The van der Waals surface area contributed by atoms with Gasteiger partial charge in [0.25, 0.3) is 5.69 Å². The van der Waals surface area contributed by atoms with E-state index in [0.717, 1.165) is 0 Å². The molecule has 0 aliphatic carbocycles. The summed E-state index contributed by atoms with van der Waals surface area (Å²) < 4.78 is 5.04. The molecule has 2 atom stereocenters. The summed E-state index contributed by atoms with van der Waals surface area (Å²) in [6.07, 6.45) is -0.870. The van der Waals surface area contributed by atoms with Gasteiger partial charge in [-0.2, -0.15) is 0 Å². The van der Waals surface area contributed by atoms with Gasteiger partial charge in [0.15, 0.2) is 0 Å². The zero-order valence-electron chi connectivity index (χ0n) is 15.5. The van der Waals surface area contributed by atoms with E-state index in [1.807, 2.05) is 0 Å². The number of nitro benzene ring substituents is 1. The zero-order chi connectivity index (χ0) is 20.8. The normalized spacial score (nSPS) is 13.2.